The molecule has 2 N–H and O–H groups in total. The van der Waals surface area contributed by atoms with Crippen molar-refractivity contribution in [1.82, 2.24) is 4.31 Å². The van der Waals surface area contributed by atoms with Gasteiger partial charge in [-0.2, -0.15) is 4.31 Å². The standard InChI is InChI=1S/C15H22N2O2S/c16-15-7-2-1-3-10-17(15)20(18,19)14-9-8-12-5-4-6-13(12)11-14/h8-9,11,15H,1-7,10,16H2. The second-order valence-corrected chi connectivity index (χ2v) is 7.71. The molecule has 1 aromatic carbocycles. The first kappa shape index (κ1) is 14.0. The van der Waals surface area contributed by atoms with Crippen LogP contribution < -0.4 is 5.73 Å². The third-order valence-corrected chi connectivity index (χ3v) is 6.35. The molecule has 4 nitrogen and oxygen atoms in total. The van der Waals surface area contributed by atoms with Crippen LogP contribution in [-0.2, 0) is 22.9 Å². The molecule has 1 aromatic rings. The van der Waals surface area contributed by atoms with Crippen LogP contribution in [-0.4, -0.2) is 25.4 Å². The molecule has 0 saturated carbocycles. The Kier molecular flexibility index (Phi) is 3.84. The summed E-state index contributed by atoms with van der Waals surface area (Å²) >= 11 is 0. The molecule has 0 bridgehead atoms. The summed E-state index contributed by atoms with van der Waals surface area (Å²) < 4.78 is 27.1. The van der Waals surface area contributed by atoms with E-state index in [1.165, 1.54) is 15.4 Å². The maximum absolute atomic E-state index is 12.8. The maximum Gasteiger partial charge on any atom is 0.244 e. The van der Waals surface area contributed by atoms with Crippen LogP contribution in [0.2, 0.25) is 0 Å². The molecule has 1 heterocycles. The maximum atomic E-state index is 12.8. The van der Waals surface area contributed by atoms with Crippen LogP contribution in [0.25, 0.3) is 0 Å². The fraction of sp³-hybridized carbons (Fsp3) is 0.600. The number of nitrogens with two attached hydrogens (primary N) is 1. The summed E-state index contributed by atoms with van der Waals surface area (Å²) in [6.07, 6.45) is 6.53. The van der Waals surface area contributed by atoms with Crippen LogP contribution in [0.4, 0.5) is 0 Å². The summed E-state index contributed by atoms with van der Waals surface area (Å²) in [5.41, 5.74) is 8.55. The number of aryl methyl sites for hydroxylation is 2. The molecule has 1 unspecified atom stereocenters. The fourth-order valence-corrected chi connectivity index (χ4v) is 4.88. The molecule has 0 radical (unpaired) electrons. The van der Waals surface area contributed by atoms with Crippen molar-refractivity contribution < 1.29 is 8.42 Å². The smallest absolute Gasteiger partial charge is 0.244 e. The zero-order valence-electron chi connectivity index (χ0n) is 11.7. The minimum Gasteiger partial charge on any atom is -0.315 e. The van der Waals surface area contributed by atoms with E-state index in [4.69, 9.17) is 5.73 Å². The van der Waals surface area contributed by atoms with Crippen molar-refractivity contribution in [1.29, 1.82) is 0 Å². The lowest BCUT2D eigenvalue weighted by atomic mass is 10.1. The largest absolute Gasteiger partial charge is 0.315 e. The highest BCUT2D eigenvalue weighted by atomic mass is 32.2. The lowest BCUT2D eigenvalue weighted by Crippen LogP contribution is -2.45. The quantitative estimate of drug-likeness (QED) is 0.907. The number of rotatable bonds is 2. The van der Waals surface area contributed by atoms with Gasteiger partial charge in [0, 0.05) is 6.54 Å². The third-order valence-electron chi connectivity index (χ3n) is 4.42. The van der Waals surface area contributed by atoms with E-state index in [2.05, 4.69) is 0 Å². The first-order valence-corrected chi connectivity index (χ1v) is 8.92. The van der Waals surface area contributed by atoms with E-state index in [-0.39, 0.29) is 6.17 Å². The number of hydrogen-bond donors (Lipinski definition) is 1. The monoisotopic (exact) mass is 294 g/mol. The molecule has 110 valence electrons. The van der Waals surface area contributed by atoms with Gasteiger partial charge in [0.05, 0.1) is 11.1 Å². The van der Waals surface area contributed by atoms with Crippen LogP contribution in [0.15, 0.2) is 23.1 Å². The molecule has 1 atom stereocenters. The summed E-state index contributed by atoms with van der Waals surface area (Å²) in [6, 6.07) is 5.57. The topological polar surface area (TPSA) is 63.4 Å². The van der Waals surface area contributed by atoms with Gasteiger partial charge in [-0.25, -0.2) is 8.42 Å². The van der Waals surface area contributed by atoms with E-state index >= 15 is 0 Å². The van der Waals surface area contributed by atoms with Gasteiger partial charge in [-0.05, 0) is 55.4 Å². The van der Waals surface area contributed by atoms with Gasteiger partial charge < -0.3 is 5.73 Å². The van der Waals surface area contributed by atoms with Gasteiger partial charge in [-0.3, -0.25) is 0 Å². The van der Waals surface area contributed by atoms with Gasteiger partial charge >= 0.3 is 0 Å². The first-order valence-electron chi connectivity index (χ1n) is 7.48. The second-order valence-electron chi connectivity index (χ2n) is 5.82. The molecule has 2 aliphatic rings. The van der Waals surface area contributed by atoms with Crippen LogP contribution in [0, 0.1) is 0 Å². The zero-order chi connectivity index (χ0) is 14.2. The van der Waals surface area contributed by atoms with Crippen LogP contribution >= 0.6 is 0 Å². The Balaban J connectivity index is 1.94. The SMILES string of the molecule is NC1CCCCCN1S(=O)(=O)c1ccc2c(c1)CCC2. The Hall–Kier alpha value is -0.910. The molecular weight excluding hydrogens is 272 g/mol. The van der Waals surface area contributed by atoms with Gasteiger partial charge in [0.15, 0.2) is 0 Å². The van der Waals surface area contributed by atoms with Gasteiger partial charge in [-0.15, -0.1) is 0 Å². The lowest BCUT2D eigenvalue weighted by Gasteiger charge is -2.26. The highest BCUT2D eigenvalue weighted by Gasteiger charge is 2.31. The second kappa shape index (κ2) is 5.47. The number of benzene rings is 1. The van der Waals surface area contributed by atoms with E-state index in [0.717, 1.165) is 44.9 Å². The Morgan fingerprint density at radius 2 is 1.85 bits per heavy atom. The molecule has 5 heteroatoms. The van der Waals surface area contributed by atoms with Crippen molar-refractivity contribution in [2.45, 2.75) is 56.0 Å². The molecule has 0 aromatic heterocycles. The molecule has 1 aliphatic carbocycles. The van der Waals surface area contributed by atoms with E-state index < -0.39 is 10.0 Å². The normalized spacial score (nSPS) is 24.4. The predicted octanol–water partition coefficient (Wildman–Crippen LogP) is 2.02. The minimum atomic E-state index is -3.45. The van der Waals surface area contributed by atoms with E-state index in [0.29, 0.717) is 11.4 Å². The third kappa shape index (κ3) is 2.50. The lowest BCUT2D eigenvalue weighted by molar-refractivity contribution is 0.329. The molecule has 1 aliphatic heterocycles. The Morgan fingerprint density at radius 3 is 2.70 bits per heavy atom. The Bertz CT molecular complexity index is 598. The molecule has 1 fully saturated rings. The van der Waals surface area contributed by atoms with Crippen molar-refractivity contribution in [3.8, 4) is 0 Å². The van der Waals surface area contributed by atoms with E-state index in [1.54, 1.807) is 6.07 Å². The molecule has 0 amide bonds. The van der Waals surface area contributed by atoms with Crippen LogP contribution in [0.5, 0.6) is 0 Å². The highest BCUT2D eigenvalue weighted by molar-refractivity contribution is 7.89. The summed E-state index contributed by atoms with van der Waals surface area (Å²) in [7, 11) is -3.45. The van der Waals surface area contributed by atoms with E-state index in [1.807, 2.05) is 12.1 Å². The van der Waals surface area contributed by atoms with Gasteiger partial charge in [-0.1, -0.05) is 18.9 Å². The molecular formula is C15H22N2O2S. The number of nitrogens with zero attached hydrogens (tertiary/aromatic N) is 1. The van der Waals surface area contributed by atoms with Crippen molar-refractivity contribution in [2.24, 2.45) is 5.73 Å². The van der Waals surface area contributed by atoms with E-state index in [9.17, 15) is 8.42 Å². The first-order chi connectivity index (χ1) is 9.59. The summed E-state index contributed by atoms with van der Waals surface area (Å²) in [5.74, 6) is 0. The number of fused-ring (bicyclic) bond motifs is 1. The average molecular weight is 294 g/mol. The van der Waals surface area contributed by atoms with Gasteiger partial charge in [0.2, 0.25) is 10.0 Å². The molecule has 3 rings (SSSR count). The van der Waals surface area contributed by atoms with Gasteiger partial charge in [0.1, 0.15) is 0 Å². The number of sulfonamides is 1. The Morgan fingerprint density at radius 1 is 1.05 bits per heavy atom. The summed E-state index contributed by atoms with van der Waals surface area (Å²) in [4.78, 5) is 0.413. The minimum absolute atomic E-state index is 0.379. The summed E-state index contributed by atoms with van der Waals surface area (Å²) in [6.45, 7) is 0.542. The fourth-order valence-electron chi connectivity index (χ4n) is 3.25. The average Bonchev–Trinajstić information content (AvgIpc) is 2.78. The van der Waals surface area contributed by atoms with Crippen molar-refractivity contribution in [3.63, 3.8) is 0 Å². The predicted molar refractivity (Wildman–Crippen MR) is 78.8 cm³/mol. The summed E-state index contributed by atoms with van der Waals surface area (Å²) in [5, 5.41) is 0. The van der Waals surface area contributed by atoms with Crippen molar-refractivity contribution in [3.05, 3.63) is 29.3 Å². The zero-order valence-corrected chi connectivity index (χ0v) is 12.5. The van der Waals surface area contributed by atoms with Crippen LogP contribution in [0.3, 0.4) is 0 Å². The van der Waals surface area contributed by atoms with Crippen molar-refractivity contribution in [2.75, 3.05) is 6.54 Å². The van der Waals surface area contributed by atoms with Crippen molar-refractivity contribution >= 4 is 10.0 Å². The highest BCUT2D eigenvalue weighted by Crippen LogP contribution is 2.28. The van der Waals surface area contributed by atoms with Gasteiger partial charge in [0.25, 0.3) is 0 Å². The molecule has 20 heavy (non-hydrogen) atoms. The Labute approximate surface area is 121 Å². The molecule has 1 saturated heterocycles. The number of hydrogen-bond acceptors (Lipinski definition) is 3. The molecule has 0 spiro atoms. The van der Waals surface area contributed by atoms with Crippen LogP contribution in [0.1, 0.15) is 43.2 Å².